The zero-order valence-corrected chi connectivity index (χ0v) is 14.8. The summed E-state index contributed by atoms with van der Waals surface area (Å²) in [4.78, 5) is 22.1. The number of fused-ring (bicyclic) bond motifs is 1. The van der Waals surface area contributed by atoms with Crippen molar-refractivity contribution in [3.05, 3.63) is 56.5 Å². The van der Waals surface area contributed by atoms with Gasteiger partial charge in [-0.3, -0.25) is 14.9 Å². The molecule has 0 fully saturated rings. The number of nitro benzene ring substituents is 1. The molecule has 0 aliphatic carbocycles. The number of rotatable bonds is 6. The predicted molar refractivity (Wildman–Crippen MR) is 94.6 cm³/mol. The molecule has 3 rings (SSSR count). The average Bonchev–Trinajstić information content (AvgIpc) is 3.07. The zero-order valence-electron chi connectivity index (χ0n) is 13.2. The van der Waals surface area contributed by atoms with Crippen LogP contribution in [-0.4, -0.2) is 30.4 Å². The van der Waals surface area contributed by atoms with Gasteiger partial charge in [-0.15, -0.1) is 0 Å². The first kappa shape index (κ1) is 17.7. The molecule has 134 valence electrons. The van der Waals surface area contributed by atoms with Crippen molar-refractivity contribution in [3.8, 4) is 17.2 Å². The topological polar surface area (TPSA) is 112 Å². The molecule has 1 heterocycles. The molecule has 2 aromatic rings. The van der Waals surface area contributed by atoms with E-state index in [1.165, 1.54) is 24.4 Å². The number of hydrazone groups is 1. The summed E-state index contributed by atoms with van der Waals surface area (Å²) in [5.41, 5.74) is 2.75. The number of amides is 1. The van der Waals surface area contributed by atoms with Crippen LogP contribution in [0.3, 0.4) is 0 Å². The lowest BCUT2D eigenvalue weighted by Crippen LogP contribution is -2.24. The second-order valence-electron chi connectivity index (χ2n) is 5.03. The summed E-state index contributed by atoms with van der Waals surface area (Å²) in [7, 11) is 0. The van der Waals surface area contributed by atoms with E-state index in [9.17, 15) is 14.9 Å². The summed E-state index contributed by atoms with van der Waals surface area (Å²) in [6, 6.07) is 9.25. The Hall–Kier alpha value is -3.14. The highest BCUT2D eigenvalue weighted by molar-refractivity contribution is 9.10. The average molecular weight is 422 g/mol. The standard InChI is InChI=1S/C16H12BrN3O6/c17-11-6-15-14(25-9-26-15)5-10(11)7-18-19-16(21)8-24-13-4-2-1-3-12(13)20(22)23/h1-7H,8-9H2,(H,19,21)/b18-7-. The van der Waals surface area contributed by atoms with Crippen LogP contribution in [0.15, 0.2) is 46.0 Å². The van der Waals surface area contributed by atoms with Gasteiger partial charge in [-0.25, -0.2) is 5.43 Å². The highest BCUT2D eigenvalue weighted by Gasteiger charge is 2.16. The van der Waals surface area contributed by atoms with Crippen molar-refractivity contribution in [3.63, 3.8) is 0 Å². The molecule has 0 saturated heterocycles. The van der Waals surface area contributed by atoms with Crippen LogP contribution in [0, 0.1) is 10.1 Å². The van der Waals surface area contributed by atoms with E-state index in [-0.39, 0.29) is 18.2 Å². The SMILES string of the molecule is O=C(COc1ccccc1[N+](=O)[O-])N/N=C\c1cc2c(cc1Br)OCO2. The van der Waals surface area contributed by atoms with E-state index < -0.39 is 17.4 Å². The summed E-state index contributed by atoms with van der Waals surface area (Å²) in [5, 5.41) is 14.7. The van der Waals surface area contributed by atoms with Gasteiger partial charge >= 0.3 is 5.69 Å². The number of halogens is 1. The third kappa shape index (κ3) is 4.09. The first-order valence-electron chi connectivity index (χ1n) is 7.32. The Morgan fingerprint density at radius 3 is 2.85 bits per heavy atom. The van der Waals surface area contributed by atoms with Crippen molar-refractivity contribution in [1.82, 2.24) is 5.43 Å². The van der Waals surface area contributed by atoms with Gasteiger partial charge in [0, 0.05) is 16.1 Å². The Kier molecular flexibility index (Phi) is 5.32. The quantitative estimate of drug-likeness (QED) is 0.435. The van der Waals surface area contributed by atoms with Gasteiger partial charge in [0.1, 0.15) is 0 Å². The van der Waals surface area contributed by atoms with Crippen LogP contribution in [0.4, 0.5) is 5.69 Å². The molecule has 2 aromatic carbocycles. The molecule has 1 aliphatic heterocycles. The number of hydrogen-bond acceptors (Lipinski definition) is 7. The van der Waals surface area contributed by atoms with Crippen molar-refractivity contribution in [2.24, 2.45) is 5.10 Å². The summed E-state index contributed by atoms with van der Waals surface area (Å²) in [5.74, 6) is 0.656. The predicted octanol–water partition coefficient (Wildman–Crippen LogP) is 2.62. The third-order valence-corrected chi connectivity index (χ3v) is 3.99. The van der Waals surface area contributed by atoms with E-state index in [0.717, 1.165) is 4.47 Å². The number of hydrogen-bond donors (Lipinski definition) is 1. The first-order valence-corrected chi connectivity index (χ1v) is 8.11. The van der Waals surface area contributed by atoms with Crippen LogP contribution in [-0.2, 0) is 4.79 Å². The van der Waals surface area contributed by atoms with Crippen molar-refractivity contribution < 1.29 is 23.9 Å². The molecule has 1 amide bonds. The molecule has 1 aliphatic rings. The van der Waals surface area contributed by atoms with Crippen molar-refractivity contribution in [2.45, 2.75) is 0 Å². The lowest BCUT2D eigenvalue weighted by atomic mass is 10.2. The second kappa shape index (κ2) is 7.83. The zero-order chi connectivity index (χ0) is 18.5. The minimum atomic E-state index is -0.581. The lowest BCUT2D eigenvalue weighted by Gasteiger charge is -2.05. The Labute approximate surface area is 155 Å². The Balaban J connectivity index is 1.56. The minimum Gasteiger partial charge on any atom is -0.477 e. The minimum absolute atomic E-state index is 0.00939. The number of nitro groups is 1. The van der Waals surface area contributed by atoms with Gasteiger partial charge in [0.25, 0.3) is 5.91 Å². The first-order chi connectivity index (χ1) is 12.5. The van der Waals surface area contributed by atoms with Gasteiger partial charge in [-0.05, 0) is 34.1 Å². The maximum atomic E-state index is 11.8. The molecule has 26 heavy (non-hydrogen) atoms. The molecular weight excluding hydrogens is 410 g/mol. The monoisotopic (exact) mass is 421 g/mol. The Morgan fingerprint density at radius 1 is 1.35 bits per heavy atom. The number of ether oxygens (including phenoxy) is 3. The normalized spacial score (nSPS) is 12.2. The van der Waals surface area contributed by atoms with Gasteiger partial charge in [-0.2, -0.15) is 5.10 Å². The smallest absolute Gasteiger partial charge is 0.310 e. The Morgan fingerprint density at radius 2 is 2.08 bits per heavy atom. The van der Waals surface area contributed by atoms with Gasteiger partial charge < -0.3 is 14.2 Å². The van der Waals surface area contributed by atoms with E-state index in [2.05, 4.69) is 26.5 Å². The molecule has 0 radical (unpaired) electrons. The van der Waals surface area contributed by atoms with Crippen LogP contribution in [0.1, 0.15) is 5.56 Å². The number of nitrogens with zero attached hydrogens (tertiary/aromatic N) is 2. The molecule has 0 aromatic heterocycles. The van der Waals surface area contributed by atoms with Gasteiger partial charge in [0.15, 0.2) is 23.9 Å². The molecular formula is C16H12BrN3O6. The lowest BCUT2D eigenvalue weighted by molar-refractivity contribution is -0.385. The maximum absolute atomic E-state index is 11.8. The van der Waals surface area contributed by atoms with E-state index in [4.69, 9.17) is 14.2 Å². The number of carbonyl (C=O) groups is 1. The number of carbonyl (C=O) groups excluding carboxylic acids is 1. The van der Waals surface area contributed by atoms with Crippen LogP contribution in [0.2, 0.25) is 0 Å². The fraction of sp³-hybridized carbons (Fsp3) is 0.125. The molecule has 1 N–H and O–H groups in total. The third-order valence-electron chi connectivity index (χ3n) is 3.31. The van der Waals surface area contributed by atoms with Crippen molar-refractivity contribution in [2.75, 3.05) is 13.4 Å². The Bertz CT molecular complexity index is 886. The molecule has 0 spiro atoms. The molecule has 0 atom stereocenters. The highest BCUT2D eigenvalue weighted by atomic mass is 79.9. The molecule has 10 heteroatoms. The summed E-state index contributed by atoms with van der Waals surface area (Å²) in [6.45, 7) is -0.257. The molecule has 0 unspecified atom stereocenters. The van der Waals surface area contributed by atoms with Gasteiger partial charge in [0.05, 0.1) is 11.1 Å². The van der Waals surface area contributed by atoms with Gasteiger partial charge in [0.2, 0.25) is 6.79 Å². The van der Waals surface area contributed by atoms with E-state index in [0.29, 0.717) is 17.1 Å². The highest BCUT2D eigenvalue weighted by Crippen LogP contribution is 2.36. The number of para-hydroxylation sites is 2. The van der Waals surface area contributed by atoms with Crippen LogP contribution < -0.4 is 19.6 Å². The molecule has 0 saturated carbocycles. The summed E-state index contributed by atoms with van der Waals surface area (Å²) in [6.07, 6.45) is 1.43. The fourth-order valence-corrected chi connectivity index (χ4v) is 2.54. The van der Waals surface area contributed by atoms with Crippen molar-refractivity contribution in [1.29, 1.82) is 0 Å². The van der Waals surface area contributed by atoms with Crippen LogP contribution in [0.5, 0.6) is 17.2 Å². The fourth-order valence-electron chi connectivity index (χ4n) is 2.11. The maximum Gasteiger partial charge on any atom is 0.310 e. The van der Waals surface area contributed by atoms with E-state index in [1.807, 2.05) is 0 Å². The van der Waals surface area contributed by atoms with Crippen LogP contribution in [0.25, 0.3) is 0 Å². The van der Waals surface area contributed by atoms with E-state index in [1.54, 1.807) is 18.2 Å². The van der Waals surface area contributed by atoms with Gasteiger partial charge in [-0.1, -0.05) is 12.1 Å². The van der Waals surface area contributed by atoms with E-state index >= 15 is 0 Å². The molecule has 0 bridgehead atoms. The largest absolute Gasteiger partial charge is 0.477 e. The second-order valence-corrected chi connectivity index (χ2v) is 5.89. The number of benzene rings is 2. The summed E-state index contributed by atoms with van der Waals surface area (Å²) < 4.78 is 16.4. The van der Waals surface area contributed by atoms with Crippen molar-refractivity contribution >= 4 is 33.7 Å². The molecule has 9 nitrogen and oxygen atoms in total. The number of nitrogens with one attached hydrogen (secondary N) is 1. The summed E-state index contributed by atoms with van der Waals surface area (Å²) >= 11 is 3.37. The van der Waals surface area contributed by atoms with Crippen LogP contribution >= 0.6 is 15.9 Å².